The molecule has 2 rings (SSSR count). The van der Waals surface area contributed by atoms with E-state index in [0.29, 0.717) is 30.3 Å². The Labute approximate surface area is 132 Å². The van der Waals surface area contributed by atoms with Crippen LogP contribution in [0.25, 0.3) is 0 Å². The van der Waals surface area contributed by atoms with Crippen molar-refractivity contribution in [3.63, 3.8) is 0 Å². The largest absolute Gasteiger partial charge is 0.357 e. The fraction of sp³-hybridized carbons (Fsp3) is 0.800. The second-order valence-corrected chi connectivity index (χ2v) is 5.97. The molecule has 1 fully saturated rings. The van der Waals surface area contributed by atoms with Gasteiger partial charge in [-0.2, -0.15) is 4.98 Å². The quantitative estimate of drug-likeness (QED) is 0.631. The number of aryl methyl sites for hydroxylation is 1. The van der Waals surface area contributed by atoms with Crippen LogP contribution in [0.15, 0.2) is 9.52 Å². The summed E-state index contributed by atoms with van der Waals surface area (Å²) in [6, 6.07) is 1.10. The maximum absolute atomic E-state index is 4.96. The summed E-state index contributed by atoms with van der Waals surface area (Å²) in [6.45, 7) is 11.9. The first-order valence-corrected chi connectivity index (χ1v) is 8.16. The van der Waals surface area contributed by atoms with Gasteiger partial charge in [-0.1, -0.05) is 5.16 Å². The minimum absolute atomic E-state index is 0.428. The molecule has 0 saturated carbocycles. The Kier molecular flexibility index (Phi) is 6.18. The molecular formula is C15H28N6O. The van der Waals surface area contributed by atoms with Gasteiger partial charge in [0.15, 0.2) is 11.8 Å². The molecule has 7 heteroatoms. The molecule has 0 aromatic carbocycles. The summed E-state index contributed by atoms with van der Waals surface area (Å²) in [7, 11) is 0. The van der Waals surface area contributed by atoms with Gasteiger partial charge < -0.3 is 20.1 Å². The van der Waals surface area contributed by atoms with Gasteiger partial charge in [0.2, 0.25) is 5.89 Å². The van der Waals surface area contributed by atoms with Crippen LogP contribution >= 0.6 is 0 Å². The molecule has 2 heterocycles. The zero-order chi connectivity index (χ0) is 15.9. The lowest BCUT2D eigenvalue weighted by Crippen LogP contribution is -2.49. The molecule has 124 valence electrons. The van der Waals surface area contributed by atoms with E-state index in [2.05, 4.69) is 51.4 Å². The van der Waals surface area contributed by atoms with E-state index in [1.807, 2.05) is 0 Å². The Balaban J connectivity index is 1.86. The molecule has 7 nitrogen and oxygen atoms in total. The molecule has 0 amide bonds. The van der Waals surface area contributed by atoms with Crippen molar-refractivity contribution in [2.75, 3.05) is 19.6 Å². The first kappa shape index (κ1) is 16.7. The average Bonchev–Trinajstić information content (AvgIpc) is 2.91. The van der Waals surface area contributed by atoms with E-state index in [1.165, 1.54) is 0 Å². The molecule has 0 radical (unpaired) electrons. The maximum Gasteiger partial charge on any atom is 0.223 e. The predicted molar refractivity (Wildman–Crippen MR) is 86.7 cm³/mol. The molecule has 0 unspecified atom stereocenters. The summed E-state index contributed by atoms with van der Waals surface area (Å²) in [5.74, 6) is 2.02. The third-order valence-corrected chi connectivity index (χ3v) is 3.89. The van der Waals surface area contributed by atoms with Crippen LogP contribution in [0.1, 0.15) is 45.3 Å². The van der Waals surface area contributed by atoms with Crippen LogP contribution in [0.4, 0.5) is 0 Å². The van der Waals surface area contributed by atoms with Gasteiger partial charge in [-0.25, -0.2) is 4.99 Å². The van der Waals surface area contributed by atoms with Crippen LogP contribution in [0.3, 0.4) is 0 Å². The van der Waals surface area contributed by atoms with Crippen molar-refractivity contribution >= 4 is 5.96 Å². The molecule has 1 aliphatic rings. The number of aliphatic imine (C=N–C) groups is 1. The highest BCUT2D eigenvalue weighted by atomic mass is 16.5. The van der Waals surface area contributed by atoms with Crippen molar-refractivity contribution in [1.82, 2.24) is 25.7 Å². The van der Waals surface area contributed by atoms with Crippen LogP contribution < -0.4 is 10.6 Å². The highest BCUT2D eigenvalue weighted by Crippen LogP contribution is 2.12. The van der Waals surface area contributed by atoms with Crippen molar-refractivity contribution in [2.24, 2.45) is 4.99 Å². The third kappa shape index (κ3) is 4.98. The SMILES string of the molecule is CCNC(=NCc1noc(C)n1)NC1CCN(C(C)C)CC1. The number of nitrogens with zero attached hydrogens (tertiary/aromatic N) is 4. The second-order valence-electron chi connectivity index (χ2n) is 5.97. The number of rotatable bonds is 5. The fourth-order valence-electron chi connectivity index (χ4n) is 2.63. The van der Waals surface area contributed by atoms with Crippen molar-refractivity contribution < 1.29 is 4.52 Å². The summed E-state index contributed by atoms with van der Waals surface area (Å²) in [5.41, 5.74) is 0. The molecule has 0 bridgehead atoms. The Hall–Kier alpha value is -1.63. The first-order chi connectivity index (χ1) is 10.6. The highest BCUT2D eigenvalue weighted by molar-refractivity contribution is 5.80. The van der Waals surface area contributed by atoms with Gasteiger partial charge in [0.05, 0.1) is 0 Å². The fourth-order valence-corrected chi connectivity index (χ4v) is 2.63. The Morgan fingerprint density at radius 2 is 2.14 bits per heavy atom. The molecule has 22 heavy (non-hydrogen) atoms. The van der Waals surface area contributed by atoms with E-state index < -0.39 is 0 Å². The van der Waals surface area contributed by atoms with Gasteiger partial charge in [-0.3, -0.25) is 0 Å². The molecule has 1 saturated heterocycles. The molecule has 0 atom stereocenters. The molecule has 1 aromatic heterocycles. The number of nitrogens with one attached hydrogen (secondary N) is 2. The number of hydrogen-bond donors (Lipinski definition) is 2. The summed E-state index contributed by atoms with van der Waals surface area (Å²) >= 11 is 0. The lowest BCUT2D eigenvalue weighted by molar-refractivity contribution is 0.167. The van der Waals surface area contributed by atoms with Crippen molar-refractivity contribution in [3.8, 4) is 0 Å². The number of guanidine groups is 1. The predicted octanol–water partition coefficient (Wildman–Crippen LogP) is 1.31. The van der Waals surface area contributed by atoms with E-state index in [9.17, 15) is 0 Å². The number of aromatic nitrogens is 2. The van der Waals surface area contributed by atoms with Crippen LogP contribution in [-0.4, -0.2) is 52.7 Å². The van der Waals surface area contributed by atoms with E-state index in [0.717, 1.165) is 38.4 Å². The summed E-state index contributed by atoms with van der Waals surface area (Å²) in [4.78, 5) is 11.2. The average molecular weight is 308 g/mol. The summed E-state index contributed by atoms with van der Waals surface area (Å²) in [5, 5.41) is 10.7. The molecule has 1 aromatic rings. The van der Waals surface area contributed by atoms with Gasteiger partial charge in [0.25, 0.3) is 0 Å². The Morgan fingerprint density at radius 3 is 2.68 bits per heavy atom. The normalized spacial score (nSPS) is 18.0. The first-order valence-electron chi connectivity index (χ1n) is 8.16. The molecule has 2 N–H and O–H groups in total. The van der Waals surface area contributed by atoms with Gasteiger partial charge in [-0.05, 0) is 33.6 Å². The standard InChI is InChI=1S/C15H28N6O/c1-5-16-15(17-10-14-18-12(4)22-20-14)19-13-6-8-21(9-7-13)11(2)3/h11,13H,5-10H2,1-4H3,(H2,16,17,19). The smallest absolute Gasteiger partial charge is 0.223 e. The van der Waals surface area contributed by atoms with E-state index >= 15 is 0 Å². The highest BCUT2D eigenvalue weighted by Gasteiger charge is 2.21. The van der Waals surface area contributed by atoms with E-state index in [4.69, 9.17) is 4.52 Å². The van der Waals surface area contributed by atoms with Crippen molar-refractivity contribution in [2.45, 2.75) is 59.2 Å². The molecule has 1 aliphatic heterocycles. The van der Waals surface area contributed by atoms with E-state index in [-0.39, 0.29) is 0 Å². The van der Waals surface area contributed by atoms with Crippen molar-refractivity contribution in [1.29, 1.82) is 0 Å². The maximum atomic E-state index is 4.96. The molecule has 0 spiro atoms. The Bertz CT molecular complexity index is 476. The minimum atomic E-state index is 0.428. The lowest BCUT2D eigenvalue weighted by Gasteiger charge is -2.35. The number of hydrogen-bond acceptors (Lipinski definition) is 5. The van der Waals surface area contributed by atoms with Gasteiger partial charge in [-0.15, -0.1) is 0 Å². The van der Waals surface area contributed by atoms with Crippen molar-refractivity contribution in [3.05, 3.63) is 11.7 Å². The summed E-state index contributed by atoms with van der Waals surface area (Å²) in [6.07, 6.45) is 2.29. The zero-order valence-corrected chi connectivity index (χ0v) is 14.1. The minimum Gasteiger partial charge on any atom is -0.357 e. The summed E-state index contributed by atoms with van der Waals surface area (Å²) < 4.78 is 4.96. The second kappa shape index (κ2) is 8.12. The Morgan fingerprint density at radius 1 is 1.41 bits per heavy atom. The van der Waals surface area contributed by atoms with E-state index in [1.54, 1.807) is 6.92 Å². The molecular weight excluding hydrogens is 280 g/mol. The number of piperidine rings is 1. The van der Waals surface area contributed by atoms with Crippen LogP contribution in [-0.2, 0) is 6.54 Å². The van der Waals surface area contributed by atoms with Gasteiger partial charge >= 0.3 is 0 Å². The van der Waals surface area contributed by atoms with Crippen LogP contribution in [0, 0.1) is 6.92 Å². The third-order valence-electron chi connectivity index (χ3n) is 3.89. The lowest BCUT2D eigenvalue weighted by atomic mass is 10.0. The van der Waals surface area contributed by atoms with Crippen LogP contribution in [0.2, 0.25) is 0 Å². The monoisotopic (exact) mass is 308 g/mol. The zero-order valence-electron chi connectivity index (χ0n) is 14.1. The molecule has 0 aliphatic carbocycles. The van der Waals surface area contributed by atoms with Gasteiger partial charge in [0, 0.05) is 38.6 Å². The topological polar surface area (TPSA) is 78.6 Å². The number of likely N-dealkylation sites (tertiary alicyclic amines) is 1. The van der Waals surface area contributed by atoms with Gasteiger partial charge in [0.1, 0.15) is 6.54 Å². The van der Waals surface area contributed by atoms with Crippen LogP contribution in [0.5, 0.6) is 0 Å².